The standard InChI is InChI=1S/C20H22N4O4/c25-20(16-3-2-9-27-16)23-8-12-28-17(14-23)15-13-24-18(21-15)4-1-5-19(24)22-6-10-26-11-7-22/h1-5,9,13,17H,6-8,10-12,14H2/t17-/m0/s1. The third kappa shape index (κ3) is 3.14. The van der Waals surface area contributed by atoms with E-state index in [4.69, 9.17) is 18.9 Å². The Morgan fingerprint density at radius 2 is 1.96 bits per heavy atom. The van der Waals surface area contributed by atoms with Crippen molar-refractivity contribution in [2.75, 3.05) is 50.9 Å². The summed E-state index contributed by atoms with van der Waals surface area (Å²) in [5, 5.41) is 0. The van der Waals surface area contributed by atoms with Crippen LogP contribution < -0.4 is 4.90 Å². The molecular formula is C20H22N4O4. The Morgan fingerprint density at radius 1 is 1.07 bits per heavy atom. The van der Waals surface area contributed by atoms with Crippen LogP contribution in [0.2, 0.25) is 0 Å². The van der Waals surface area contributed by atoms with E-state index in [1.54, 1.807) is 17.0 Å². The molecule has 0 saturated carbocycles. The zero-order chi connectivity index (χ0) is 18.9. The molecular weight excluding hydrogens is 360 g/mol. The van der Waals surface area contributed by atoms with Crippen molar-refractivity contribution in [2.24, 2.45) is 0 Å². The molecule has 5 heterocycles. The van der Waals surface area contributed by atoms with Crippen molar-refractivity contribution < 1.29 is 18.7 Å². The Balaban J connectivity index is 1.40. The first kappa shape index (κ1) is 17.3. The van der Waals surface area contributed by atoms with Crippen LogP contribution in [0, 0.1) is 0 Å². The minimum atomic E-state index is -0.259. The summed E-state index contributed by atoms with van der Waals surface area (Å²) in [6.07, 6.45) is 3.27. The van der Waals surface area contributed by atoms with Crippen molar-refractivity contribution in [3.8, 4) is 0 Å². The lowest BCUT2D eigenvalue weighted by molar-refractivity contribution is -0.0254. The minimum absolute atomic E-state index is 0.115. The van der Waals surface area contributed by atoms with Gasteiger partial charge in [-0.3, -0.25) is 9.20 Å². The second kappa shape index (κ2) is 7.29. The van der Waals surface area contributed by atoms with Crippen molar-refractivity contribution in [1.82, 2.24) is 14.3 Å². The largest absolute Gasteiger partial charge is 0.459 e. The summed E-state index contributed by atoms with van der Waals surface area (Å²) < 4.78 is 18.8. The summed E-state index contributed by atoms with van der Waals surface area (Å²) in [5.41, 5.74) is 1.70. The highest BCUT2D eigenvalue weighted by Gasteiger charge is 2.29. The number of furan rings is 1. The van der Waals surface area contributed by atoms with Crippen LogP contribution in [0.15, 0.2) is 47.2 Å². The number of ether oxygens (including phenoxy) is 2. The molecule has 28 heavy (non-hydrogen) atoms. The lowest BCUT2D eigenvalue weighted by Crippen LogP contribution is -2.42. The number of carbonyl (C=O) groups is 1. The molecule has 2 aliphatic rings. The summed E-state index contributed by atoms with van der Waals surface area (Å²) in [6, 6.07) is 9.51. The van der Waals surface area contributed by atoms with Crippen molar-refractivity contribution in [3.63, 3.8) is 0 Å². The summed E-state index contributed by atoms with van der Waals surface area (Å²) >= 11 is 0. The van der Waals surface area contributed by atoms with Gasteiger partial charge >= 0.3 is 0 Å². The van der Waals surface area contributed by atoms with Gasteiger partial charge in [0.25, 0.3) is 5.91 Å². The number of morpholine rings is 2. The molecule has 1 atom stereocenters. The number of anilines is 1. The summed E-state index contributed by atoms with van der Waals surface area (Å²) in [5.74, 6) is 1.33. The molecule has 0 N–H and O–H groups in total. The molecule has 8 nitrogen and oxygen atoms in total. The first-order valence-electron chi connectivity index (χ1n) is 9.55. The number of aromatic nitrogens is 2. The fourth-order valence-electron chi connectivity index (χ4n) is 3.79. The maximum Gasteiger partial charge on any atom is 0.289 e. The van der Waals surface area contributed by atoms with E-state index in [-0.39, 0.29) is 12.0 Å². The number of hydrogen-bond donors (Lipinski definition) is 0. The Kier molecular flexibility index (Phi) is 4.50. The van der Waals surface area contributed by atoms with Gasteiger partial charge in [-0.05, 0) is 24.3 Å². The van der Waals surface area contributed by atoms with Gasteiger partial charge < -0.3 is 23.7 Å². The fourth-order valence-corrected chi connectivity index (χ4v) is 3.79. The predicted molar refractivity (Wildman–Crippen MR) is 102 cm³/mol. The van der Waals surface area contributed by atoms with E-state index >= 15 is 0 Å². The van der Waals surface area contributed by atoms with Gasteiger partial charge in [0, 0.05) is 25.8 Å². The van der Waals surface area contributed by atoms with Gasteiger partial charge in [0.2, 0.25) is 0 Å². The molecule has 8 heteroatoms. The average Bonchev–Trinajstić information content (AvgIpc) is 3.44. The van der Waals surface area contributed by atoms with Gasteiger partial charge in [-0.15, -0.1) is 0 Å². The van der Waals surface area contributed by atoms with E-state index < -0.39 is 0 Å². The SMILES string of the molecule is O=C(c1ccco1)N1CCO[C@H](c2cn3c(N4CCOCC4)cccc3n2)C1. The normalized spacial score (nSPS) is 20.6. The van der Waals surface area contributed by atoms with Gasteiger partial charge in [-0.1, -0.05) is 6.07 Å². The molecule has 146 valence electrons. The smallest absolute Gasteiger partial charge is 0.289 e. The average molecular weight is 382 g/mol. The second-order valence-corrected chi connectivity index (χ2v) is 6.97. The molecule has 0 unspecified atom stereocenters. The van der Waals surface area contributed by atoms with Crippen molar-refractivity contribution in [1.29, 1.82) is 0 Å². The fraction of sp³-hybridized carbons (Fsp3) is 0.400. The molecule has 3 aromatic heterocycles. The topological polar surface area (TPSA) is 72.5 Å². The van der Waals surface area contributed by atoms with Crippen LogP contribution >= 0.6 is 0 Å². The molecule has 2 fully saturated rings. The number of amides is 1. The maximum atomic E-state index is 12.6. The van der Waals surface area contributed by atoms with Crippen LogP contribution in [0.3, 0.4) is 0 Å². The molecule has 0 bridgehead atoms. The van der Waals surface area contributed by atoms with Crippen LogP contribution in [-0.4, -0.2) is 66.2 Å². The molecule has 2 saturated heterocycles. The molecule has 2 aliphatic heterocycles. The van der Waals surface area contributed by atoms with Crippen LogP contribution in [0.25, 0.3) is 5.65 Å². The molecule has 1 amide bonds. The molecule has 0 spiro atoms. The number of pyridine rings is 1. The van der Waals surface area contributed by atoms with E-state index in [1.807, 2.05) is 18.3 Å². The predicted octanol–water partition coefficient (Wildman–Crippen LogP) is 1.98. The van der Waals surface area contributed by atoms with E-state index in [0.29, 0.717) is 25.5 Å². The molecule has 0 radical (unpaired) electrons. The zero-order valence-corrected chi connectivity index (χ0v) is 15.5. The Hall–Kier alpha value is -2.84. The Bertz CT molecular complexity index is 962. The minimum Gasteiger partial charge on any atom is -0.459 e. The zero-order valence-electron chi connectivity index (χ0n) is 15.5. The van der Waals surface area contributed by atoms with Gasteiger partial charge in [-0.25, -0.2) is 4.98 Å². The monoisotopic (exact) mass is 382 g/mol. The highest BCUT2D eigenvalue weighted by molar-refractivity contribution is 5.91. The first-order chi connectivity index (χ1) is 13.8. The molecule has 0 aliphatic carbocycles. The highest BCUT2D eigenvalue weighted by atomic mass is 16.5. The van der Waals surface area contributed by atoms with Crippen molar-refractivity contribution in [3.05, 3.63) is 54.2 Å². The number of carbonyl (C=O) groups excluding carboxylic acids is 1. The van der Waals surface area contributed by atoms with Gasteiger partial charge in [0.15, 0.2) is 5.76 Å². The maximum absolute atomic E-state index is 12.6. The van der Waals surface area contributed by atoms with E-state index in [1.165, 1.54) is 6.26 Å². The van der Waals surface area contributed by atoms with Crippen LogP contribution in [-0.2, 0) is 9.47 Å². The van der Waals surface area contributed by atoms with Gasteiger partial charge in [-0.2, -0.15) is 0 Å². The Morgan fingerprint density at radius 3 is 2.79 bits per heavy atom. The van der Waals surface area contributed by atoms with Crippen LogP contribution in [0.4, 0.5) is 5.82 Å². The quantitative estimate of drug-likeness (QED) is 0.690. The van der Waals surface area contributed by atoms with Crippen molar-refractivity contribution in [2.45, 2.75) is 6.10 Å². The van der Waals surface area contributed by atoms with Gasteiger partial charge in [0.1, 0.15) is 17.6 Å². The summed E-state index contributed by atoms with van der Waals surface area (Å²) in [4.78, 5) is 21.4. The van der Waals surface area contributed by atoms with E-state index in [0.717, 1.165) is 43.5 Å². The summed E-state index contributed by atoms with van der Waals surface area (Å²) in [7, 11) is 0. The number of hydrogen-bond acceptors (Lipinski definition) is 6. The van der Waals surface area contributed by atoms with Crippen LogP contribution in [0.5, 0.6) is 0 Å². The highest BCUT2D eigenvalue weighted by Crippen LogP contribution is 2.26. The van der Waals surface area contributed by atoms with E-state index in [9.17, 15) is 4.79 Å². The number of imidazole rings is 1. The molecule has 3 aromatic rings. The number of fused-ring (bicyclic) bond motifs is 1. The third-order valence-corrected chi connectivity index (χ3v) is 5.24. The first-order valence-corrected chi connectivity index (χ1v) is 9.55. The number of rotatable bonds is 3. The van der Waals surface area contributed by atoms with Crippen LogP contribution in [0.1, 0.15) is 22.4 Å². The number of nitrogens with zero attached hydrogens (tertiary/aromatic N) is 4. The summed E-state index contributed by atoms with van der Waals surface area (Å²) in [6.45, 7) is 4.65. The van der Waals surface area contributed by atoms with Gasteiger partial charge in [0.05, 0.1) is 38.3 Å². The third-order valence-electron chi connectivity index (χ3n) is 5.24. The van der Waals surface area contributed by atoms with E-state index in [2.05, 4.69) is 15.4 Å². The lowest BCUT2D eigenvalue weighted by Gasteiger charge is -2.31. The molecule has 0 aromatic carbocycles. The molecule has 5 rings (SSSR count). The second-order valence-electron chi connectivity index (χ2n) is 6.97. The Labute approximate surface area is 162 Å². The lowest BCUT2D eigenvalue weighted by atomic mass is 10.2. The van der Waals surface area contributed by atoms with Crippen molar-refractivity contribution >= 4 is 17.4 Å².